The van der Waals surface area contributed by atoms with E-state index in [9.17, 15) is 4.79 Å². The highest BCUT2D eigenvalue weighted by atomic mass is 16.1. The third-order valence-electron chi connectivity index (χ3n) is 4.25. The fourth-order valence-electron chi connectivity index (χ4n) is 2.96. The maximum Gasteiger partial charge on any atom is 0.256 e. The summed E-state index contributed by atoms with van der Waals surface area (Å²) in [5, 5.41) is 7.38. The summed E-state index contributed by atoms with van der Waals surface area (Å²) in [4.78, 5) is 14.8. The van der Waals surface area contributed by atoms with E-state index >= 15 is 0 Å². The van der Waals surface area contributed by atoms with Gasteiger partial charge in [-0.25, -0.2) is 4.68 Å². The van der Waals surface area contributed by atoms with E-state index in [-0.39, 0.29) is 11.9 Å². The van der Waals surface area contributed by atoms with Crippen LogP contribution in [0.1, 0.15) is 34.5 Å². The summed E-state index contributed by atoms with van der Waals surface area (Å²) in [5.41, 5.74) is 2.89. The predicted molar refractivity (Wildman–Crippen MR) is 104 cm³/mol. The Hall–Kier alpha value is -2.92. The molecule has 5 nitrogen and oxygen atoms in total. The Morgan fingerprint density at radius 2 is 1.88 bits per heavy atom. The van der Waals surface area contributed by atoms with E-state index in [2.05, 4.69) is 34.4 Å². The molecule has 1 unspecified atom stereocenters. The molecule has 26 heavy (non-hydrogen) atoms. The monoisotopic (exact) mass is 348 g/mol. The standard InChI is InChI=1S/C21H24N4O/c1-16(18-9-5-4-6-10-18)25-20(12-13-22-25)23-21(26)19-11-7-8-17(14-19)15-24(2)3/h4-14,16H,15H2,1-3H3,(H,23,26). The number of carbonyl (C=O) groups excluding carboxylic acids is 1. The van der Waals surface area contributed by atoms with Crippen LogP contribution in [0.25, 0.3) is 0 Å². The quantitative estimate of drug-likeness (QED) is 0.737. The molecule has 3 aromatic rings. The number of benzene rings is 2. The van der Waals surface area contributed by atoms with Gasteiger partial charge in [0, 0.05) is 18.2 Å². The van der Waals surface area contributed by atoms with Gasteiger partial charge in [-0.3, -0.25) is 4.79 Å². The maximum atomic E-state index is 12.7. The van der Waals surface area contributed by atoms with Crippen LogP contribution < -0.4 is 5.32 Å². The molecule has 0 aliphatic carbocycles. The number of nitrogens with zero attached hydrogens (tertiary/aromatic N) is 3. The largest absolute Gasteiger partial charge is 0.307 e. The molecule has 1 heterocycles. The first-order valence-electron chi connectivity index (χ1n) is 8.68. The SMILES string of the molecule is CC(c1ccccc1)n1nccc1NC(=O)c1cccc(CN(C)C)c1. The van der Waals surface area contributed by atoms with Crippen molar-refractivity contribution >= 4 is 11.7 Å². The minimum Gasteiger partial charge on any atom is -0.307 e. The van der Waals surface area contributed by atoms with Crippen LogP contribution in [-0.2, 0) is 6.54 Å². The topological polar surface area (TPSA) is 50.2 Å². The summed E-state index contributed by atoms with van der Waals surface area (Å²) in [6.45, 7) is 2.86. The molecule has 1 N–H and O–H groups in total. The van der Waals surface area contributed by atoms with Crippen molar-refractivity contribution in [2.45, 2.75) is 19.5 Å². The number of hydrogen-bond donors (Lipinski definition) is 1. The van der Waals surface area contributed by atoms with Crippen molar-refractivity contribution in [3.05, 3.63) is 83.6 Å². The van der Waals surface area contributed by atoms with Crippen LogP contribution in [0.2, 0.25) is 0 Å². The van der Waals surface area contributed by atoms with E-state index in [1.165, 1.54) is 0 Å². The molecule has 0 bridgehead atoms. The second kappa shape index (κ2) is 7.97. The van der Waals surface area contributed by atoms with Gasteiger partial charge in [0.05, 0.1) is 12.2 Å². The molecule has 1 amide bonds. The minimum absolute atomic E-state index is 0.0292. The van der Waals surface area contributed by atoms with Crippen molar-refractivity contribution in [1.82, 2.24) is 14.7 Å². The number of aromatic nitrogens is 2. The summed E-state index contributed by atoms with van der Waals surface area (Å²) >= 11 is 0. The first-order chi connectivity index (χ1) is 12.5. The third-order valence-corrected chi connectivity index (χ3v) is 4.25. The number of anilines is 1. The molecule has 3 rings (SSSR count). The molecule has 1 atom stereocenters. The van der Waals surface area contributed by atoms with E-state index < -0.39 is 0 Å². The molecule has 1 aromatic heterocycles. The van der Waals surface area contributed by atoms with Gasteiger partial charge >= 0.3 is 0 Å². The minimum atomic E-state index is -0.132. The molecule has 0 fully saturated rings. The van der Waals surface area contributed by atoms with Crippen molar-refractivity contribution in [2.24, 2.45) is 0 Å². The second-order valence-corrected chi connectivity index (χ2v) is 6.64. The highest BCUT2D eigenvalue weighted by molar-refractivity contribution is 6.03. The summed E-state index contributed by atoms with van der Waals surface area (Å²) in [6, 6.07) is 19.7. The Morgan fingerprint density at radius 3 is 2.62 bits per heavy atom. The predicted octanol–water partition coefficient (Wildman–Crippen LogP) is 3.81. The molecular weight excluding hydrogens is 324 g/mol. The summed E-state index contributed by atoms with van der Waals surface area (Å²) in [6.07, 6.45) is 1.71. The van der Waals surface area contributed by atoms with Gasteiger partial charge in [-0.2, -0.15) is 5.10 Å². The van der Waals surface area contributed by atoms with E-state index in [0.717, 1.165) is 17.7 Å². The smallest absolute Gasteiger partial charge is 0.256 e. The molecule has 0 radical (unpaired) electrons. The molecule has 0 saturated carbocycles. The fraction of sp³-hybridized carbons (Fsp3) is 0.238. The van der Waals surface area contributed by atoms with Crippen LogP contribution in [0, 0.1) is 0 Å². The van der Waals surface area contributed by atoms with Crippen molar-refractivity contribution in [3.8, 4) is 0 Å². The van der Waals surface area contributed by atoms with Gasteiger partial charge in [0.1, 0.15) is 5.82 Å². The average molecular weight is 348 g/mol. The zero-order chi connectivity index (χ0) is 18.5. The Morgan fingerprint density at radius 1 is 1.12 bits per heavy atom. The van der Waals surface area contributed by atoms with E-state index in [0.29, 0.717) is 11.4 Å². The average Bonchev–Trinajstić information content (AvgIpc) is 3.09. The number of amides is 1. The van der Waals surface area contributed by atoms with Crippen LogP contribution in [0.5, 0.6) is 0 Å². The fourth-order valence-corrected chi connectivity index (χ4v) is 2.96. The van der Waals surface area contributed by atoms with Crippen molar-refractivity contribution < 1.29 is 4.79 Å². The van der Waals surface area contributed by atoms with Crippen LogP contribution in [0.4, 0.5) is 5.82 Å². The van der Waals surface area contributed by atoms with Gasteiger partial charge in [-0.1, -0.05) is 42.5 Å². The van der Waals surface area contributed by atoms with Crippen LogP contribution >= 0.6 is 0 Å². The Bertz CT molecular complexity index is 870. The molecule has 0 aliphatic heterocycles. The zero-order valence-corrected chi connectivity index (χ0v) is 15.4. The molecule has 134 valence electrons. The molecule has 0 saturated heterocycles. The Kier molecular flexibility index (Phi) is 5.49. The number of hydrogen-bond acceptors (Lipinski definition) is 3. The van der Waals surface area contributed by atoms with Gasteiger partial charge in [0.2, 0.25) is 0 Å². The molecule has 0 aliphatic rings. The lowest BCUT2D eigenvalue weighted by atomic mass is 10.1. The highest BCUT2D eigenvalue weighted by Crippen LogP contribution is 2.21. The number of nitrogens with one attached hydrogen (secondary N) is 1. The third kappa shape index (κ3) is 4.18. The van der Waals surface area contributed by atoms with Crippen LogP contribution in [0.15, 0.2) is 66.9 Å². The maximum absolute atomic E-state index is 12.7. The Labute approximate surface area is 154 Å². The highest BCUT2D eigenvalue weighted by Gasteiger charge is 2.15. The lowest BCUT2D eigenvalue weighted by Gasteiger charge is -2.17. The molecule has 5 heteroatoms. The number of carbonyl (C=O) groups is 1. The summed E-state index contributed by atoms with van der Waals surface area (Å²) in [7, 11) is 4.02. The lowest BCUT2D eigenvalue weighted by Crippen LogP contribution is -2.18. The van der Waals surface area contributed by atoms with Crippen LogP contribution in [0.3, 0.4) is 0 Å². The first kappa shape index (κ1) is 17.9. The Balaban J connectivity index is 1.78. The van der Waals surface area contributed by atoms with E-state index in [1.54, 1.807) is 6.20 Å². The zero-order valence-electron chi connectivity index (χ0n) is 15.4. The van der Waals surface area contributed by atoms with Gasteiger partial charge in [-0.05, 0) is 44.3 Å². The van der Waals surface area contributed by atoms with Crippen molar-refractivity contribution in [3.63, 3.8) is 0 Å². The van der Waals surface area contributed by atoms with Gasteiger partial charge < -0.3 is 10.2 Å². The second-order valence-electron chi connectivity index (χ2n) is 6.64. The van der Waals surface area contributed by atoms with E-state index in [4.69, 9.17) is 0 Å². The summed E-state index contributed by atoms with van der Waals surface area (Å²) in [5.74, 6) is 0.553. The lowest BCUT2D eigenvalue weighted by molar-refractivity contribution is 0.102. The molecule has 2 aromatic carbocycles. The first-order valence-corrected chi connectivity index (χ1v) is 8.68. The van der Waals surface area contributed by atoms with E-state index in [1.807, 2.05) is 67.3 Å². The van der Waals surface area contributed by atoms with Crippen molar-refractivity contribution in [2.75, 3.05) is 19.4 Å². The summed E-state index contributed by atoms with van der Waals surface area (Å²) < 4.78 is 1.83. The van der Waals surface area contributed by atoms with Gasteiger partial charge in [0.25, 0.3) is 5.91 Å². The molecular formula is C21H24N4O. The van der Waals surface area contributed by atoms with Crippen molar-refractivity contribution in [1.29, 1.82) is 0 Å². The van der Waals surface area contributed by atoms with Gasteiger partial charge in [0.15, 0.2) is 0 Å². The van der Waals surface area contributed by atoms with Crippen LogP contribution in [-0.4, -0.2) is 34.7 Å². The number of rotatable bonds is 6. The molecule has 0 spiro atoms. The van der Waals surface area contributed by atoms with Gasteiger partial charge in [-0.15, -0.1) is 0 Å². The normalized spacial score (nSPS) is 12.2.